The van der Waals surface area contributed by atoms with Crippen LogP contribution in [0.5, 0.6) is 5.75 Å². The maximum absolute atomic E-state index is 12.5. The summed E-state index contributed by atoms with van der Waals surface area (Å²) in [4.78, 5) is 4.32. The highest BCUT2D eigenvalue weighted by Gasteiger charge is 2.18. The van der Waals surface area contributed by atoms with Crippen molar-refractivity contribution in [3.8, 4) is 5.75 Å². The summed E-state index contributed by atoms with van der Waals surface area (Å²) in [6.07, 6.45) is 1.47. The average molecular weight is 455 g/mol. The van der Waals surface area contributed by atoms with Gasteiger partial charge in [-0.15, -0.1) is 0 Å². The van der Waals surface area contributed by atoms with Crippen LogP contribution in [0.1, 0.15) is 11.1 Å². The predicted molar refractivity (Wildman–Crippen MR) is 114 cm³/mol. The molecular formula is C20H14Cl3NO3S. The Morgan fingerprint density at radius 3 is 2.25 bits per heavy atom. The fourth-order valence-corrected chi connectivity index (χ4v) is 3.70. The van der Waals surface area contributed by atoms with Gasteiger partial charge in [0, 0.05) is 26.8 Å². The van der Waals surface area contributed by atoms with Crippen LogP contribution in [0.15, 0.2) is 70.6 Å². The van der Waals surface area contributed by atoms with Crippen molar-refractivity contribution in [1.82, 2.24) is 0 Å². The number of aliphatic imine (C=N–C) groups is 1. The van der Waals surface area contributed by atoms with Crippen molar-refractivity contribution in [2.24, 2.45) is 4.99 Å². The molecule has 4 nitrogen and oxygen atoms in total. The number of hydrogen-bond donors (Lipinski definition) is 0. The molecule has 8 heteroatoms. The van der Waals surface area contributed by atoms with Gasteiger partial charge in [-0.1, -0.05) is 40.9 Å². The van der Waals surface area contributed by atoms with E-state index in [0.29, 0.717) is 26.3 Å². The van der Waals surface area contributed by atoms with Gasteiger partial charge in [0.25, 0.3) is 0 Å². The largest absolute Gasteiger partial charge is 0.378 e. The molecule has 0 radical (unpaired) electrons. The fraction of sp³-hybridized carbons (Fsp3) is 0.0500. The van der Waals surface area contributed by atoms with E-state index >= 15 is 0 Å². The van der Waals surface area contributed by atoms with E-state index in [1.807, 2.05) is 13.0 Å². The van der Waals surface area contributed by atoms with Crippen LogP contribution in [0.2, 0.25) is 15.1 Å². The molecule has 28 heavy (non-hydrogen) atoms. The number of nitrogens with zero attached hydrogens (tertiary/aromatic N) is 1. The summed E-state index contributed by atoms with van der Waals surface area (Å²) in [6.45, 7) is 1.89. The van der Waals surface area contributed by atoms with E-state index < -0.39 is 10.1 Å². The number of aryl methyl sites for hydroxylation is 1. The van der Waals surface area contributed by atoms with Crippen LogP contribution >= 0.6 is 34.8 Å². The second kappa shape index (κ2) is 8.53. The van der Waals surface area contributed by atoms with E-state index in [1.54, 1.807) is 18.2 Å². The lowest BCUT2D eigenvalue weighted by Crippen LogP contribution is -2.10. The zero-order chi connectivity index (χ0) is 20.3. The minimum Gasteiger partial charge on any atom is -0.378 e. The molecule has 0 N–H and O–H groups in total. The quantitative estimate of drug-likeness (QED) is 0.328. The molecule has 0 spiro atoms. The molecule has 0 saturated carbocycles. The first kappa shape index (κ1) is 20.7. The Bertz CT molecular complexity index is 1140. The molecule has 3 rings (SSSR count). The van der Waals surface area contributed by atoms with Crippen LogP contribution in [0.3, 0.4) is 0 Å². The summed E-state index contributed by atoms with van der Waals surface area (Å²) in [5.74, 6) is 0.0984. The third kappa shape index (κ3) is 5.06. The maximum Gasteiger partial charge on any atom is 0.339 e. The zero-order valence-corrected chi connectivity index (χ0v) is 17.6. The normalized spacial score (nSPS) is 11.7. The molecule has 0 aliphatic rings. The van der Waals surface area contributed by atoms with Gasteiger partial charge < -0.3 is 4.18 Å². The van der Waals surface area contributed by atoms with Crippen LogP contribution < -0.4 is 4.18 Å². The van der Waals surface area contributed by atoms with Gasteiger partial charge in [-0.05, 0) is 67.1 Å². The molecule has 144 valence electrons. The van der Waals surface area contributed by atoms with Gasteiger partial charge in [-0.2, -0.15) is 8.42 Å². The molecule has 3 aromatic rings. The van der Waals surface area contributed by atoms with E-state index in [9.17, 15) is 8.42 Å². The molecular weight excluding hydrogens is 441 g/mol. The van der Waals surface area contributed by atoms with E-state index in [-0.39, 0.29) is 10.6 Å². The standard InChI is InChI=1S/C20H14Cl3NO3S/c1-13-2-6-17(11-19(13)23)24-12-14-10-16(22)5-9-20(14)27-28(25,26)18-7-3-15(21)4-8-18/h2-12H,1H3. The number of hydrogen-bond acceptors (Lipinski definition) is 4. The number of halogens is 3. The van der Waals surface area contributed by atoms with Crippen molar-refractivity contribution < 1.29 is 12.6 Å². The molecule has 0 fully saturated rings. The Labute approximate surface area is 178 Å². The molecule has 0 heterocycles. The SMILES string of the molecule is Cc1ccc(N=Cc2cc(Cl)ccc2OS(=O)(=O)c2ccc(Cl)cc2)cc1Cl. The van der Waals surface area contributed by atoms with Crippen LogP contribution in [0, 0.1) is 6.92 Å². The summed E-state index contributed by atoms with van der Waals surface area (Å²) in [5, 5.41) is 1.43. The minimum atomic E-state index is -4.05. The summed E-state index contributed by atoms with van der Waals surface area (Å²) in [5.41, 5.74) is 1.95. The van der Waals surface area contributed by atoms with Crippen LogP contribution in [0.4, 0.5) is 5.69 Å². The molecule has 0 aliphatic heterocycles. The van der Waals surface area contributed by atoms with E-state index in [0.717, 1.165) is 5.56 Å². The molecule has 0 aliphatic carbocycles. The highest BCUT2D eigenvalue weighted by Crippen LogP contribution is 2.27. The summed E-state index contributed by atoms with van der Waals surface area (Å²) in [7, 11) is -4.05. The summed E-state index contributed by atoms with van der Waals surface area (Å²) in [6, 6.07) is 15.6. The van der Waals surface area contributed by atoms with E-state index in [4.69, 9.17) is 39.0 Å². The van der Waals surface area contributed by atoms with Gasteiger partial charge in [0.05, 0.1) is 5.69 Å². The van der Waals surface area contributed by atoms with Gasteiger partial charge in [0.15, 0.2) is 5.75 Å². The first-order valence-corrected chi connectivity index (χ1v) is 10.6. The van der Waals surface area contributed by atoms with Crippen molar-refractivity contribution in [2.45, 2.75) is 11.8 Å². The maximum atomic E-state index is 12.5. The van der Waals surface area contributed by atoms with Crippen molar-refractivity contribution in [1.29, 1.82) is 0 Å². The third-order valence-corrected chi connectivity index (χ3v) is 5.92. The second-order valence-corrected chi connectivity index (χ2v) is 8.69. The van der Waals surface area contributed by atoms with Crippen LogP contribution in [0.25, 0.3) is 0 Å². The molecule has 0 atom stereocenters. The average Bonchev–Trinajstić information content (AvgIpc) is 2.65. The van der Waals surface area contributed by atoms with Crippen molar-refractivity contribution in [3.63, 3.8) is 0 Å². The lowest BCUT2D eigenvalue weighted by atomic mass is 10.2. The van der Waals surface area contributed by atoms with Crippen molar-refractivity contribution >= 4 is 56.8 Å². The first-order chi connectivity index (χ1) is 13.2. The van der Waals surface area contributed by atoms with E-state index in [1.165, 1.54) is 42.6 Å². The second-order valence-electron chi connectivity index (χ2n) is 5.87. The Morgan fingerprint density at radius 2 is 1.57 bits per heavy atom. The van der Waals surface area contributed by atoms with Crippen LogP contribution in [-0.2, 0) is 10.1 Å². The summed E-state index contributed by atoms with van der Waals surface area (Å²) >= 11 is 18.0. The Hall–Kier alpha value is -2.05. The minimum absolute atomic E-state index is 0.0138. The monoisotopic (exact) mass is 453 g/mol. The van der Waals surface area contributed by atoms with Gasteiger partial charge in [-0.25, -0.2) is 0 Å². The predicted octanol–water partition coefficient (Wildman–Crippen LogP) is 6.47. The summed E-state index contributed by atoms with van der Waals surface area (Å²) < 4.78 is 30.4. The number of rotatable bonds is 5. The molecule has 0 unspecified atom stereocenters. The topological polar surface area (TPSA) is 55.7 Å². The smallest absolute Gasteiger partial charge is 0.339 e. The van der Waals surface area contributed by atoms with E-state index in [2.05, 4.69) is 4.99 Å². The van der Waals surface area contributed by atoms with Gasteiger partial charge in [0.2, 0.25) is 0 Å². The van der Waals surface area contributed by atoms with Crippen LogP contribution in [-0.4, -0.2) is 14.6 Å². The van der Waals surface area contributed by atoms with Gasteiger partial charge in [0.1, 0.15) is 4.90 Å². The van der Waals surface area contributed by atoms with Crippen molar-refractivity contribution in [2.75, 3.05) is 0 Å². The molecule has 0 amide bonds. The zero-order valence-electron chi connectivity index (χ0n) is 14.6. The lowest BCUT2D eigenvalue weighted by Gasteiger charge is -2.10. The lowest BCUT2D eigenvalue weighted by molar-refractivity contribution is 0.485. The first-order valence-electron chi connectivity index (χ1n) is 8.04. The molecule has 0 saturated heterocycles. The highest BCUT2D eigenvalue weighted by molar-refractivity contribution is 7.87. The highest BCUT2D eigenvalue weighted by atomic mass is 35.5. The number of benzene rings is 3. The molecule has 3 aromatic carbocycles. The third-order valence-electron chi connectivity index (χ3n) is 3.78. The van der Waals surface area contributed by atoms with Gasteiger partial charge in [-0.3, -0.25) is 4.99 Å². The Kier molecular flexibility index (Phi) is 6.30. The molecule has 0 bridgehead atoms. The molecule has 0 aromatic heterocycles. The van der Waals surface area contributed by atoms with Gasteiger partial charge >= 0.3 is 10.1 Å². The Morgan fingerprint density at radius 1 is 0.893 bits per heavy atom. The fourth-order valence-electron chi connectivity index (χ4n) is 2.27. The Balaban J connectivity index is 1.93. The van der Waals surface area contributed by atoms with Crippen molar-refractivity contribution in [3.05, 3.63) is 86.9 Å².